The number of aromatic nitrogens is 2. The van der Waals surface area contributed by atoms with Crippen molar-refractivity contribution in [3.05, 3.63) is 59.9 Å². The zero-order valence-corrected chi connectivity index (χ0v) is 14.5. The van der Waals surface area contributed by atoms with E-state index in [0.29, 0.717) is 11.3 Å². The second kappa shape index (κ2) is 6.93. The molecule has 1 aliphatic rings. The van der Waals surface area contributed by atoms with Crippen LogP contribution >= 0.6 is 0 Å². The van der Waals surface area contributed by atoms with E-state index >= 15 is 0 Å². The Morgan fingerprint density at radius 3 is 2.76 bits per heavy atom. The molecule has 1 aromatic carbocycles. The highest BCUT2D eigenvalue weighted by Crippen LogP contribution is 2.29. The molecule has 2 amide bonds. The molecule has 1 N–H and O–H groups in total. The van der Waals surface area contributed by atoms with Crippen LogP contribution in [0.1, 0.15) is 40.5 Å². The molecule has 130 valence electrons. The van der Waals surface area contributed by atoms with Gasteiger partial charge in [-0.15, -0.1) is 0 Å². The van der Waals surface area contributed by atoms with E-state index in [1.807, 2.05) is 17.9 Å². The monoisotopic (exact) mass is 338 g/mol. The lowest BCUT2D eigenvalue weighted by Crippen LogP contribution is -2.31. The number of carbonyl (C=O) groups is 2. The topological polar surface area (TPSA) is 67.2 Å². The third kappa shape index (κ3) is 3.33. The summed E-state index contributed by atoms with van der Waals surface area (Å²) < 4.78 is 1.88. The van der Waals surface area contributed by atoms with E-state index in [1.54, 1.807) is 31.3 Å². The average molecular weight is 338 g/mol. The van der Waals surface area contributed by atoms with E-state index in [9.17, 15) is 9.59 Å². The molecule has 0 saturated carbocycles. The van der Waals surface area contributed by atoms with Gasteiger partial charge in [0, 0.05) is 36.6 Å². The van der Waals surface area contributed by atoms with E-state index in [-0.39, 0.29) is 17.9 Å². The highest BCUT2D eigenvalue weighted by atomic mass is 16.2. The SMILES string of the molecule is C=CC(=O)N(C)c1ccc(C(=O)NC2CCCc3c2cnn3C)cc1. The van der Waals surface area contributed by atoms with Crippen LogP contribution in [0.2, 0.25) is 0 Å². The number of carbonyl (C=O) groups excluding carboxylic acids is 2. The first-order valence-corrected chi connectivity index (χ1v) is 8.33. The fourth-order valence-electron chi connectivity index (χ4n) is 3.20. The standard InChI is InChI=1S/C19H22N4O2/c1-4-18(24)22(2)14-10-8-13(9-11-14)19(25)21-16-6-5-7-17-15(16)12-20-23(17)3/h4,8-12,16H,1,5-7H2,2-3H3,(H,21,25). The fourth-order valence-corrected chi connectivity index (χ4v) is 3.20. The number of amides is 2. The number of aryl methyl sites for hydroxylation is 1. The molecule has 25 heavy (non-hydrogen) atoms. The number of nitrogens with one attached hydrogen (secondary N) is 1. The maximum absolute atomic E-state index is 12.6. The summed E-state index contributed by atoms with van der Waals surface area (Å²) in [5, 5.41) is 7.40. The Morgan fingerprint density at radius 2 is 2.08 bits per heavy atom. The highest BCUT2D eigenvalue weighted by Gasteiger charge is 2.25. The first-order valence-electron chi connectivity index (χ1n) is 8.33. The molecule has 0 aliphatic heterocycles. The summed E-state index contributed by atoms with van der Waals surface area (Å²) >= 11 is 0. The van der Waals surface area contributed by atoms with Crippen LogP contribution in [0.4, 0.5) is 5.69 Å². The van der Waals surface area contributed by atoms with Gasteiger partial charge in [0.05, 0.1) is 12.2 Å². The maximum atomic E-state index is 12.6. The predicted octanol–water partition coefficient (Wildman–Crippen LogP) is 2.38. The zero-order chi connectivity index (χ0) is 18.0. The molecule has 0 radical (unpaired) electrons. The molecule has 1 aromatic heterocycles. The Labute approximate surface area is 147 Å². The Hall–Kier alpha value is -2.89. The minimum absolute atomic E-state index is 0.00496. The van der Waals surface area contributed by atoms with Crippen molar-refractivity contribution < 1.29 is 9.59 Å². The number of anilines is 1. The third-order valence-electron chi connectivity index (χ3n) is 4.70. The van der Waals surface area contributed by atoms with Crippen molar-refractivity contribution in [3.63, 3.8) is 0 Å². The van der Waals surface area contributed by atoms with Crippen LogP contribution in [0.3, 0.4) is 0 Å². The van der Waals surface area contributed by atoms with Gasteiger partial charge in [0.25, 0.3) is 5.91 Å². The second-order valence-corrected chi connectivity index (χ2v) is 6.24. The fraction of sp³-hybridized carbons (Fsp3) is 0.316. The van der Waals surface area contributed by atoms with Gasteiger partial charge in [-0.05, 0) is 49.6 Å². The molecule has 2 aromatic rings. The van der Waals surface area contributed by atoms with Gasteiger partial charge in [0.1, 0.15) is 0 Å². The lowest BCUT2D eigenvalue weighted by molar-refractivity contribution is -0.113. The van der Waals surface area contributed by atoms with Gasteiger partial charge in [-0.2, -0.15) is 5.10 Å². The first-order chi connectivity index (χ1) is 12.0. The number of hydrogen-bond acceptors (Lipinski definition) is 3. The predicted molar refractivity (Wildman–Crippen MR) is 96.4 cm³/mol. The number of nitrogens with zero attached hydrogens (tertiary/aromatic N) is 3. The smallest absolute Gasteiger partial charge is 0.251 e. The molecular weight excluding hydrogens is 316 g/mol. The average Bonchev–Trinajstić information content (AvgIpc) is 3.02. The maximum Gasteiger partial charge on any atom is 0.251 e. The van der Waals surface area contributed by atoms with E-state index in [4.69, 9.17) is 0 Å². The largest absolute Gasteiger partial charge is 0.345 e. The van der Waals surface area contributed by atoms with Crippen LogP contribution in [0.25, 0.3) is 0 Å². The van der Waals surface area contributed by atoms with Gasteiger partial charge < -0.3 is 10.2 Å². The van der Waals surface area contributed by atoms with Crippen molar-refractivity contribution in [2.45, 2.75) is 25.3 Å². The Bertz CT molecular complexity index is 807. The number of likely N-dealkylation sites (N-methyl/N-ethyl adjacent to an activating group) is 1. The van der Waals surface area contributed by atoms with E-state index in [0.717, 1.165) is 24.8 Å². The molecule has 0 fully saturated rings. The Kier molecular flexibility index (Phi) is 4.70. The van der Waals surface area contributed by atoms with Crippen LogP contribution in [-0.2, 0) is 18.3 Å². The highest BCUT2D eigenvalue weighted by molar-refractivity contribution is 6.01. The number of benzene rings is 1. The van der Waals surface area contributed by atoms with Gasteiger partial charge >= 0.3 is 0 Å². The molecule has 6 heteroatoms. The first kappa shape index (κ1) is 17.0. The van der Waals surface area contributed by atoms with Crippen molar-refractivity contribution in [2.24, 2.45) is 7.05 Å². The lowest BCUT2D eigenvalue weighted by atomic mass is 9.93. The number of hydrogen-bond donors (Lipinski definition) is 1. The molecule has 0 bridgehead atoms. The molecule has 1 heterocycles. The van der Waals surface area contributed by atoms with E-state index in [1.165, 1.54) is 16.7 Å². The van der Waals surface area contributed by atoms with Gasteiger partial charge in [-0.3, -0.25) is 14.3 Å². The van der Waals surface area contributed by atoms with Crippen molar-refractivity contribution in [3.8, 4) is 0 Å². The van der Waals surface area contributed by atoms with Crippen molar-refractivity contribution in [1.82, 2.24) is 15.1 Å². The summed E-state index contributed by atoms with van der Waals surface area (Å²) in [7, 11) is 3.61. The molecule has 0 spiro atoms. The molecule has 6 nitrogen and oxygen atoms in total. The zero-order valence-electron chi connectivity index (χ0n) is 14.5. The molecule has 0 saturated heterocycles. The summed E-state index contributed by atoms with van der Waals surface area (Å²) in [5.41, 5.74) is 3.58. The molecule has 1 aliphatic carbocycles. The van der Waals surface area contributed by atoms with Crippen molar-refractivity contribution >= 4 is 17.5 Å². The van der Waals surface area contributed by atoms with E-state index in [2.05, 4.69) is 17.0 Å². The summed E-state index contributed by atoms with van der Waals surface area (Å²) in [6.07, 6.45) is 6.05. The van der Waals surface area contributed by atoms with Gasteiger partial charge in [0.15, 0.2) is 0 Å². The van der Waals surface area contributed by atoms with Crippen LogP contribution in [0.15, 0.2) is 43.1 Å². The van der Waals surface area contributed by atoms with Crippen LogP contribution in [0.5, 0.6) is 0 Å². The molecule has 1 unspecified atom stereocenters. The van der Waals surface area contributed by atoms with Gasteiger partial charge in [0.2, 0.25) is 5.91 Å². The second-order valence-electron chi connectivity index (χ2n) is 6.24. The lowest BCUT2D eigenvalue weighted by Gasteiger charge is -2.24. The summed E-state index contributed by atoms with van der Waals surface area (Å²) in [5.74, 6) is -0.311. The van der Waals surface area contributed by atoms with E-state index < -0.39 is 0 Å². The van der Waals surface area contributed by atoms with Crippen molar-refractivity contribution in [1.29, 1.82) is 0 Å². The quantitative estimate of drug-likeness (QED) is 0.871. The van der Waals surface area contributed by atoms with Crippen molar-refractivity contribution in [2.75, 3.05) is 11.9 Å². The minimum atomic E-state index is -0.191. The van der Waals surface area contributed by atoms with Gasteiger partial charge in [-0.1, -0.05) is 6.58 Å². The number of rotatable bonds is 4. The Balaban J connectivity index is 1.72. The summed E-state index contributed by atoms with van der Waals surface area (Å²) in [6, 6.07) is 6.96. The van der Waals surface area contributed by atoms with Gasteiger partial charge in [-0.25, -0.2) is 0 Å². The minimum Gasteiger partial charge on any atom is -0.345 e. The summed E-state index contributed by atoms with van der Waals surface area (Å²) in [4.78, 5) is 25.7. The molecule has 1 atom stereocenters. The van der Waals surface area contributed by atoms with Crippen LogP contribution in [0, 0.1) is 0 Å². The normalized spacial score (nSPS) is 16.0. The summed E-state index contributed by atoms with van der Waals surface area (Å²) in [6.45, 7) is 3.48. The van der Waals surface area contributed by atoms with Crippen LogP contribution in [-0.4, -0.2) is 28.6 Å². The third-order valence-corrected chi connectivity index (χ3v) is 4.70. The Morgan fingerprint density at radius 1 is 1.36 bits per heavy atom. The van der Waals surface area contributed by atoms with Crippen LogP contribution < -0.4 is 10.2 Å². The molecular formula is C19H22N4O2. The molecule has 3 rings (SSSR count). The number of fused-ring (bicyclic) bond motifs is 1.